The third kappa shape index (κ3) is 3.36. The lowest BCUT2D eigenvalue weighted by molar-refractivity contribution is -0.141. The molecule has 2 heterocycles. The number of nitrogens with one attached hydrogen (secondary N) is 1. The molecule has 0 unspecified atom stereocenters. The number of rotatable bonds is 4. The standard InChI is InChI=1S/C15H14F3N3OS/c16-15(17,18)11-2-6-19-13(20-11)14(4-1-5-14)21-12(22)8-10-3-7-23-9-10/h2-3,6-7,9H,1,4-5,8H2,(H,21,22). The molecular formula is C15H14F3N3OS. The summed E-state index contributed by atoms with van der Waals surface area (Å²) in [4.78, 5) is 19.8. The number of nitrogens with zero attached hydrogens (tertiary/aromatic N) is 2. The van der Waals surface area contributed by atoms with E-state index in [1.165, 1.54) is 11.3 Å². The largest absolute Gasteiger partial charge is 0.433 e. The molecule has 1 N–H and O–H groups in total. The van der Waals surface area contributed by atoms with Gasteiger partial charge in [0.15, 0.2) is 5.82 Å². The maximum absolute atomic E-state index is 12.8. The number of hydrogen-bond acceptors (Lipinski definition) is 4. The highest BCUT2D eigenvalue weighted by atomic mass is 32.1. The summed E-state index contributed by atoms with van der Waals surface area (Å²) in [5.41, 5.74) is -0.984. The molecule has 3 rings (SSSR count). The van der Waals surface area contributed by atoms with E-state index in [0.29, 0.717) is 12.8 Å². The molecule has 0 bridgehead atoms. The van der Waals surface area contributed by atoms with Gasteiger partial charge in [0.05, 0.1) is 12.0 Å². The minimum atomic E-state index is -4.52. The summed E-state index contributed by atoms with van der Waals surface area (Å²) in [6.07, 6.45) is -1.32. The van der Waals surface area contributed by atoms with E-state index >= 15 is 0 Å². The molecule has 2 aromatic rings. The lowest BCUT2D eigenvalue weighted by Crippen LogP contribution is -2.52. The SMILES string of the molecule is O=C(Cc1ccsc1)NC1(c2nccc(C(F)(F)F)n2)CCC1. The molecule has 1 saturated carbocycles. The van der Waals surface area contributed by atoms with E-state index in [2.05, 4.69) is 15.3 Å². The molecule has 2 aromatic heterocycles. The van der Waals surface area contributed by atoms with Gasteiger partial charge in [-0.05, 0) is 47.7 Å². The van der Waals surface area contributed by atoms with Crippen LogP contribution in [-0.2, 0) is 22.9 Å². The van der Waals surface area contributed by atoms with Crippen molar-refractivity contribution in [1.82, 2.24) is 15.3 Å². The van der Waals surface area contributed by atoms with Gasteiger partial charge < -0.3 is 5.32 Å². The third-order valence-electron chi connectivity index (χ3n) is 3.90. The van der Waals surface area contributed by atoms with E-state index in [1.54, 1.807) is 0 Å². The Kier molecular flexibility index (Phi) is 4.09. The first-order valence-corrected chi connectivity index (χ1v) is 8.06. The van der Waals surface area contributed by atoms with Crippen molar-refractivity contribution in [3.63, 3.8) is 0 Å². The molecule has 23 heavy (non-hydrogen) atoms. The number of carbonyl (C=O) groups is 1. The number of amides is 1. The number of halogens is 3. The fourth-order valence-electron chi connectivity index (χ4n) is 2.57. The second-order valence-electron chi connectivity index (χ2n) is 5.56. The average molecular weight is 341 g/mol. The molecule has 0 radical (unpaired) electrons. The van der Waals surface area contributed by atoms with Gasteiger partial charge in [0.2, 0.25) is 5.91 Å². The van der Waals surface area contributed by atoms with Gasteiger partial charge in [-0.1, -0.05) is 0 Å². The smallest absolute Gasteiger partial charge is 0.343 e. The molecule has 122 valence electrons. The zero-order chi connectivity index (χ0) is 16.5. The van der Waals surface area contributed by atoms with Crippen LogP contribution in [0.15, 0.2) is 29.1 Å². The van der Waals surface area contributed by atoms with Crippen LogP contribution in [0.5, 0.6) is 0 Å². The highest BCUT2D eigenvalue weighted by Crippen LogP contribution is 2.40. The Bertz CT molecular complexity index is 696. The lowest BCUT2D eigenvalue weighted by atomic mass is 9.75. The summed E-state index contributed by atoms with van der Waals surface area (Å²) in [5, 5.41) is 6.58. The summed E-state index contributed by atoms with van der Waals surface area (Å²) in [7, 11) is 0. The van der Waals surface area contributed by atoms with E-state index in [-0.39, 0.29) is 18.2 Å². The summed E-state index contributed by atoms with van der Waals surface area (Å²) in [5.74, 6) is -0.193. The molecule has 0 aromatic carbocycles. The van der Waals surface area contributed by atoms with Crippen LogP contribution in [0.3, 0.4) is 0 Å². The van der Waals surface area contributed by atoms with Gasteiger partial charge in [0.25, 0.3) is 0 Å². The fourth-order valence-corrected chi connectivity index (χ4v) is 3.24. The molecule has 1 aliphatic rings. The zero-order valence-corrected chi connectivity index (χ0v) is 12.9. The Balaban J connectivity index is 1.79. The first-order chi connectivity index (χ1) is 10.9. The van der Waals surface area contributed by atoms with E-state index < -0.39 is 17.4 Å². The number of aromatic nitrogens is 2. The van der Waals surface area contributed by atoms with Crippen LogP contribution in [0.4, 0.5) is 13.2 Å². The average Bonchev–Trinajstić information content (AvgIpc) is 2.95. The van der Waals surface area contributed by atoms with Gasteiger partial charge in [-0.25, -0.2) is 9.97 Å². The quantitative estimate of drug-likeness (QED) is 0.928. The molecule has 0 saturated heterocycles. The second-order valence-corrected chi connectivity index (χ2v) is 6.34. The summed E-state index contributed by atoms with van der Waals surface area (Å²) in [6.45, 7) is 0. The molecule has 1 amide bonds. The van der Waals surface area contributed by atoms with Crippen LogP contribution < -0.4 is 5.32 Å². The van der Waals surface area contributed by atoms with Crippen LogP contribution in [0, 0.1) is 0 Å². The molecule has 1 aliphatic carbocycles. The summed E-state index contributed by atoms with van der Waals surface area (Å²) in [6, 6.07) is 2.68. The summed E-state index contributed by atoms with van der Waals surface area (Å²) < 4.78 is 38.4. The molecule has 0 aliphatic heterocycles. The van der Waals surface area contributed by atoms with Crippen LogP contribution in [-0.4, -0.2) is 15.9 Å². The Morgan fingerprint density at radius 2 is 2.13 bits per heavy atom. The predicted octanol–water partition coefficient (Wildman–Crippen LogP) is 3.30. The maximum atomic E-state index is 12.8. The van der Waals surface area contributed by atoms with Gasteiger partial charge in [0, 0.05) is 6.20 Å². The Morgan fingerprint density at radius 3 is 2.70 bits per heavy atom. The van der Waals surface area contributed by atoms with Crippen molar-refractivity contribution in [2.45, 2.75) is 37.4 Å². The van der Waals surface area contributed by atoms with E-state index in [1.807, 2.05) is 16.8 Å². The Labute approximate surface area is 134 Å². The van der Waals surface area contributed by atoms with Crippen molar-refractivity contribution in [3.8, 4) is 0 Å². The van der Waals surface area contributed by atoms with Crippen molar-refractivity contribution in [1.29, 1.82) is 0 Å². The highest BCUT2D eigenvalue weighted by molar-refractivity contribution is 7.07. The van der Waals surface area contributed by atoms with Crippen LogP contribution in [0.25, 0.3) is 0 Å². The molecular weight excluding hydrogens is 327 g/mol. The van der Waals surface area contributed by atoms with Crippen molar-refractivity contribution in [2.75, 3.05) is 0 Å². The van der Waals surface area contributed by atoms with E-state index in [9.17, 15) is 18.0 Å². The van der Waals surface area contributed by atoms with Gasteiger partial charge in [-0.3, -0.25) is 4.79 Å². The van der Waals surface area contributed by atoms with Gasteiger partial charge in [-0.15, -0.1) is 0 Å². The molecule has 1 fully saturated rings. The van der Waals surface area contributed by atoms with Crippen LogP contribution >= 0.6 is 11.3 Å². The maximum Gasteiger partial charge on any atom is 0.433 e. The number of thiophene rings is 1. The Hall–Kier alpha value is -1.96. The summed E-state index contributed by atoms with van der Waals surface area (Å²) >= 11 is 1.49. The van der Waals surface area contributed by atoms with Crippen molar-refractivity contribution in [3.05, 3.63) is 46.2 Å². The Morgan fingerprint density at radius 1 is 1.35 bits per heavy atom. The topological polar surface area (TPSA) is 54.9 Å². The van der Waals surface area contributed by atoms with Gasteiger partial charge in [0.1, 0.15) is 5.69 Å². The van der Waals surface area contributed by atoms with E-state index in [0.717, 1.165) is 24.2 Å². The molecule has 0 atom stereocenters. The van der Waals surface area contributed by atoms with Crippen LogP contribution in [0.2, 0.25) is 0 Å². The van der Waals surface area contributed by atoms with Crippen molar-refractivity contribution in [2.24, 2.45) is 0 Å². The first kappa shape index (κ1) is 15.9. The number of hydrogen-bond donors (Lipinski definition) is 1. The minimum absolute atomic E-state index is 0.0391. The predicted molar refractivity (Wildman–Crippen MR) is 78.7 cm³/mol. The third-order valence-corrected chi connectivity index (χ3v) is 4.64. The lowest BCUT2D eigenvalue weighted by Gasteiger charge is -2.41. The first-order valence-electron chi connectivity index (χ1n) is 7.12. The highest BCUT2D eigenvalue weighted by Gasteiger charge is 2.44. The molecule has 8 heteroatoms. The zero-order valence-electron chi connectivity index (χ0n) is 12.1. The van der Waals surface area contributed by atoms with Gasteiger partial charge in [-0.2, -0.15) is 24.5 Å². The van der Waals surface area contributed by atoms with Gasteiger partial charge >= 0.3 is 6.18 Å². The monoisotopic (exact) mass is 341 g/mol. The minimum Gasteiger partial charge on any atom is -0.343 e. The number of alkyl halides is 3. The second kappa shape index (κ2) is 5.92. The molecule has 0 spiro atoms. The van der Waals surface area contributed by atoms with Crippen molar-refractivity contribution >= 4 is 17.2 Å². The van der Waals surface area contributed by atoms with E-state index in [4.69, 9.17) is 0 Å². The fraction of sp³-hybridized carbons (Fsp3) is 0.400. The van der Waals surface area contributed by atoms with Crippen LogP contribution in [0.1, 0.15) is 36.3 Å². The van der Waals surface area contributed by atoms with Crippen molar-refractivity contribution < 1.29 is 18.0 Å². The number of carbonyl (C=O) groups excluding carboxylic acids is 1. The molecule has 4 nitrogen and oxygen atoms in total. The normalized spacial score (nSPS) is 16.7.